The maximum absolute atomic E-state index is 14.5. The van der Waals surface area contributed by atoms with Crippen molar-refractivity contribution in [2.45, 2.75) is 12.5 Å². The standard InChI is InChI=1S/C21H20FNO4/c1-27-13-7-12-23-18(15-10-5-6-11-16(15)22)17(20(25)21(23)26)19(24)14-8-3-2-4-9-14/h2-6,8-11,18,24H,7,12-13H2,1H3/b19-17+/t18-/m0/s1. The molecule has 1 fully saturated rings. The number of nitrogens with zero attached hydrogens (tertiary/aromatic N) is 1. The van der Waals surface area contributed by atoms with Crippen molar-refractivity contribution >= 4 is 17.4 Å². The first-order valence-electron chi connectivity index (χ1n) is 8.63. The molecule has 27 heavy (non-hydrogen) atoms. The van der Waals surface area contributed by atoms with Crippen LogP contribution >= 0.6 is 0 Å². The van der Waals surface area contributed by atoms with E-state index in [4.69, 9.17) is 4.74 Å². The average molecular weight is 369 g/mol. The number of aliphatic hydroxyl groups is 1. The van der Waals surface area contributed by atoms with Crippen molar-refractivity contribution in [3.63, 3.8) is 0 Å². The maximum atomic E-state index is 14.5. The summed E-state index contributed by atoms with van der Waals surface area (Å²) in [4.78, 5) is 26.6. The topological polar surface area (TPSA) is 66.8 Å². The third kappa shape index (κ3) is 3.61. The van der Waals surface area contributed by atoms with Crippen LogP contribution in [0.5, 0.6) is 0 Å². The first-order chi connectivity index (χ1) is 13.1. The summed E-state index contributed by atoms with van der Waals surface area (Å²) in [5.74, 6) is -2.42. The van der Waals surface area contributed by atoms with Crippen molar-refractivity contribution in [1.29, 1.82) is 0 Å². The maximum Gasteiger partial charge on any atom is 0.295 e. The Balaban J connectivity index is 2.14. The minimum Gasteiger partial charge on any atom is -0.507 e. The molecule has 0 aromatic heterocycles. The van der Waals surface area contributed by atoms with Gasteiger partial charge in [-0.1, -0.05) is 48.5 Å². The summed E-state index contributed by atoms with van der Waals surface area (Å²) in [5.41, 5.74) is 0.467. The van der Waals surface area contributed by atoms with Crippen LogP contribution in [0.15, 0.2) is 60.2 Å². The molecule has 3 rings (SSSR count). The van der Waals surface area contributed by atoms with Crippen LogP contribution in [0.3, 0.4) is 0 Å². The number of methoxy groups -OCH3 is 1. The van der Waals surface area contributed by atoms with Gasteiger partial charge in [-0.05, 0) is 12.5 Å². The number of amides is 1. The quantitative estimate of drug-likeness (QED) is 0.367. The molecule has 2 aromatic rings. The number of ketones is 1. The lowest BCUT2D eigenvalue weighted by atomic mass is 9.95. The van der Waals surface area contributed by atoms with Crippen molar-refractivity contribution in [1.82, 2.24) is 4.90 Å². The van der Waals surface area contributed by atoms with E-state index in [0.29, 0.717) is 18.6 Å². The third-order valence-corrected chi connectivity index (χ3v) is 4.53. The third-order valence-electron chi connectivity index (χ3n) is 4.53. The number of hydrogen-bond donors (Lipinski definition) is 1. The first kappa shape index (κ1) is 18.8. The minimum absolute atomic E-state index is 0.103. The lowest BCUT2D eigenvalue weighted by molar-refractivity contribution is -0.140. The SMILES string of the molecule is COCCCN1C(=O)C(=O)/C(=C(/O)c2ccccc2)[C@@H]1c1ccccc1F. The normalized spacial score (nSPS) is 18.9. The average Bonchev–Trinajstić information content (AvgIpc) is 2.93. The molecule has 1 atom stereocenters. The van der Waals surface area contributed by atoms with E-state index in [1.165, 1.54) is 30.2 Å². The molecular weight excluding hydrogens is 349 g/mol. The molecule has 0 aliphatic carbocycles. The number of carbonyl (C=O) groups excluding carboxylic acids is 2. The van der Waals surface area contributed by atoms with Gasteiger partial charge < -0.3 is 14.7 Å². The second-order valence-corrected chi connectivity index (χ2v) is 6.23. The molecular formula is C21H20FNO4. The van der Waals surface area contributed by atoms with E-state index in [-0.39, 0.29) is 23.4 Å². The molecule has 2 aromatic carbocycles. The molecule has 5 nitrogen and oxygen atoms in total. The number of ether oxygens (including phenoxy) is 1. The zero-order chi connectivity index (χ0) is 19.4. The number of carbonyl (C=O) groups is 2. The highest BCUT2D eigenvalue weighted by atomic mass is 19.1. The lowest BCUT2D eigenvalue weighted by Crippen LogP contribution is -2.31. The molecule has 0 saturated carbocycles. The fourth-order valence-corrected chi connectivity index (χ4v) is 3.26. The molecule has 1 aliphatic rings. The van der Waals surface area contributed by atoms with Gasteiger partial charge in [0.1, 0.15) is 11.6 Å². The Kier molecular flexibility index (Phi) is 5.66. The Labute approximate surface area is 156 Å². The smallest absolute Gasteiger partial charge is 0.295 e. The molecule has 1 aliphatic heterocycles. The minimum atomic E-state index is -0.983. The molecule has 140 valence electrons. The van der Waals surface area contributed by atoms with E-state index in [0.717, 1.165) is 0 Å². The number of hydrogen-bond acceptors (Lipinski definition) is 4. The van der Waals surface area contributed by atoms with Crippen LogP contribution in [0.2, 0.25) is 0 Å². The highest BCUT2D eigenvalue weighted by Gasteiger charge is 2.46. The number of benzene rings is 2. The van der Waals surface area contributed by atoms with Crippen LogP contribution in [0.4, 0.5) is 4.39 Å². The molecule has 6 heteroatoms. The monoisotopic (exact) mass is 369 g/mol. The van der Waals surface area contributed by atoms with E-state index in [1.54, 1.807) is 36.4 Å². The fourth-order valence-electron chi connectivity index (χ4n) is 3.26. The number of aliphatic hydroxyl groups excluding tert-OH is 1. The Morgan fingerprint density at radius 2 is 1.78 bits per heavy atom. The number of likely N-dealkylation sites (tertiary alicyclic amines) is 1. The van der Waals surface area contributed by atoms with Crippen molar-refractivity contribution in [2.24, 2.45) is 0 Å². The van der Waals surface area contributed by atoms with Crippen LogP contribution in [-0.4, -0.2) is 42.0 Å². The van der Waals surface area contributed by atoms with Crippen LogP contribution in [0.1, 0.15) is 23.6 Å². The molecule has 0 radical (unpaired) electrons. The largest absolute Gasteiger partial charge is 0.507 e. The summed E-state index contributed by atoms with van der Waals surface area (Å²) < 4.78 is 19.5. The predicted octanol–water partition coefficient (Wildman–Crippen LogP) is 3.28. The zero-order valence-corrected chi connectivity index (χ0v) is 14.9. The molecule has 0 unspecified atom stereocenters. The highest BCUT2D eigenvalue weighted by molar-refractivity contribution is 6.46. The van der Waals surface area contributed by atoms with Gasteiger partial charge >= 0.3 is 0 Å². The van der Waals surface area contributed by atoms with Crippen molar-refractivity contribution < 1.29 is 23.8 Å². The van der Waals surface area contributed by atoms with E-state index >= 15 is 0 Å². The fraction of sp³-hybridized carbons (Fsp3) is 0.238. The summed E-state index contributed by atoms with van der Waals surface area (Å²) in [6, 6.07) is 13.4. The van der Waals surface area contributed by atoms with Gasteiger partial charge in [0.15, 0.2) is 0 Å². The molecule has 1 saturated heterocycles. The Morgan fingerprint density at radius 1 is 1.11 bits per heavy atom. The van der Waals surface area contributed by atoms with Crippen molar-refractivity contribution in [2.75, 3.05) is 20.3 Å². The summed E-state index contributed by atoms with van der Waals surface area (Å²) in [5, 5.41) is 10.8. The molecule has 0 spiro atoms. The van der Waals surface area contributed by atoms with E-state index < -0.39 is 23.5 Å². The summed E-state index contributed by atoms with van der Waals surface area (Å²) >= 11 is 0. The van der Waals surface area contributed by atoms with Crippen molar-refractivity contribution in [3.8, 4) is 0 Å². The van der Waals surface area contributed by atoms with Gasteiger partial charge in [-0.15, -0.1) is 0 Å². The molecule has 1 amide bonds. The highest BCUT2D eigenvalue weighted by Crippen LogP contribution is 2.40. The van der Waals surface area contributed by atoms with E-state index in [1.807, 2.05) is 0 Å². The molecule has 1 N–H and O–H groups in total. The van der Waals surface area contributed by atoms with Gasteiger partial charge in [-0.2, -0.15) is 0 Å². The van der Waals surface area contributed by atoms with Crippen LogP contribution in [0.25, 0.3) is 5.76 Å². The Hall–Kier alpha value is -2.99. The van der Waals surface area contributed by atoms with E-state index in [9.17, 15) is 19.1 Å². The van der Waals surface area contributed by atoms with E-state index in [2.05, 4.69) is 0 Å². The second kappa shape index (κ2) is 8.14. The van der Waals surface area contributed by atoms with Gasteiger partial charge in [0, 0.05) is 31.4 Å². The van der Waals surface area contributed by atoms with Gasteiger partial charge in [0.2, 0.25) is 0 Å². The lowest BCUT2D eigenvalue weighted by Gasteiger charge is -2.25. The zero-order valence-electron chi connectivity index (χ0n) is 14.9. The summed E-state index contributed by atoms with van der Waals surface area (Å²) in [6.07, 6.45) is 0.486. The van der Waals surface area contributed by atoms with Gasteiger partial charge in [0.25, 0.3) is 11.7 Å². The second-order valence-electron chi connectivity index (χ2n) is 6.23. The van der Waals surface area contributed by atoms with Crippen LogP contribution in [0, 0.1) is 5.82 Å². The number of Topliss-reactive ketones (excluding diaryl/α,β-unsaturated/α-hetero) is 1. The number of rotatable bonds is 6. The molecule has 1 heterocycles. The van der Waals surface area contributed by atoms with Gasteiger partial charge in [0.05, 0.1) is 11.6 Å². The summed E-state index contributed by atoms with van der Waals surface area (Å²) in [6.45, 7) is 0.606. The van der Waals surface area contributed by atoms with Crippen LogP contribution in [-0.2, 0) is 14.3 Å². The molecule has 0 bridgehead atoms. The number of halogens is 1. The van der Waals surface area contributed by atoms with Gasteiger partial charge in [-0.25, -0.2) is 4.39 Å². The van der Waals surface area contributed by atoms with Crippen molar-refractivity contribution in [3.05, 3.63) is 77.1 Å². The summed E-state index contributed by atoms with van der Waals surface area (Å²) in [7, 11) is 1.54. The predicted molar refractivity (Wildman–Crippen MR) is 98.3 cm³/mol. The van der Waals surface area contributed by atoms with Gasteiger partial charge in [-0.3, -0.25) is 9.59 Å². The Bertz CT molecular complexity index is 879. The van der Waals surface area contributed by atoms with Crippen LogP contribution < -0.4 is 0 Å². The first-order valence-corrected chi connectivity index (χ1v) is 8.63. The Morgan fingerprint density at radius 3 is 2.44 bits per heavy atom.